The first-order chi connectivity index (χ1) is 10.5. The fraction of sp³-hybridized carbons (Fsp3) is 0.765. The first-order valence-electron chi connectivity index (χ1n) is 8.16. The summed E-state index contributed by atoms with van der Waals surface area (Å²) in [6.07, 6.45) is 5.19. The van der Waals surface area contributed by atoms with E-state index in [-0.39, 0.29) is 23.6 Å². The van der Waals surface area contributed by atoms with Gasteiger partial charge in [0.15, 0.2) is 0 Å². The normalized spacial score (nSPS) is 15.1. The Morgan fingerprint density at radius 3 is 2.39 bits per heavy atom. The van der Waals surface area contributed by atoms with Crippen LogP contribution in [0.15, 0.2) is 18.7 Å². The van der Waals surface area contributed by atoms with E-state index < -0.39 is 5.60 Å². The molecule has 1 aromatic rings. The van der Waals surface area contributed by atoms with Gasteiger partial charge in [-0.15, -0.1) is 0 Å². The molecule has 23 heavy (non-hydrogen) atoms. The Hall–Kier alpha value is -1.56. The number of aromatic nitrogens is 2. The number of ether oxygens (including phenoxy) is 1. The van der Waals surface area contributed by atoms with Crippen molar-refractivity contribution in [3.63, 3.8) is 0 Å². The summed E-state index contributed by atoms with van der Waals surface area (Å²) < 4.78 is 7.32. The number of imidazole rings is 1. The second-order valence-electron chi connectivity index (χ2n) is 8.13. The molecule has 0 aliphatic rings. The van der Waals surface area contributed by atoms with Gasteiger partial charge in [0.1, 0.15) is 5.60 Å². The lowest BCUT2D eigenvalue weighted by molar-refractivity contribution is 0.0521. The number of rotatable bonds is 6. The fourth-order valence-electron chi connectivity index (χ4n) is 2.14. The molecular weight excluding hydrogens is 292 g/mol. The van der Waals surface area contributed by atoms with E-state index in [9.17, 15) is 4.79 Å². The lowest BCUT2D eigenvalue weighted by atomic mass is 9.86. The number of nitrogens with one attached hydrogen (secondary N) is 2. The number of amides is 1. The Balaban J connectivity index is 2.50. The van der Waals surface area contributed by atoms with Gasteiger partial charge in [0, 0.05) is 37.6 Å². The summed E-state index contributed by atoms with van der Waals surface area (Å²) in [6, 6.07) is 0.391. The van der Waals surface area contributed by atoms with Crippen molar-refractivity contribution in [2.24, 2.45) is 5.41 Å². The predicted octanol–water partition coefficient (Wildman–Crippen LogP) is 2.80. The number of carbonyl (C=O) groups is 1. The van der Waals surface area contributed by atoms with Gasteiger partial charge in [0.05, 0.1) is 6.33 Å². The highest BCUT2D eigenvalue weighted by molar-refractivity contribution is 5.67. The van der Waals surface area contributed by atoms with Gasteiger partial charge in [-0.25, -0.2) is 9.78 Å². The van der Waals surface area contributed by atoms with Crippen LogP contribution in [0.4, 0.5) is 4.79 Å². The second-order valence-corrected chi connectivity index (χ2v) is 8.13. The summed E-state index contributed by atoms with van der Waals surface area (Å²) in [6.45, 7) is 15.6. The molecule has 0 bridgehead atoms. The Kier molecular flexibility index (Phi) is 6.62. The van der Waals surface area contributed by atoms with Gasteiger partial charge in [0.2, 0.25) is 0 Å². The third kappa shape index (κ3) is 8.02. The summed E-state index contributed by atoms with van der Waals surface area (Å²) in [5.41, 5.74) is -0.388. The molecule has 0 fully saturated rings. The first kappa shape index (κ1) is 19.5. The fourth-order valence-corrected chi connectivity index (χ4v) is 2.14. The monoisotopic (exact) mass is 324 g/mol. The largest absolute Gasteiger partial charge is 0.444 e. The maximum absolute atomic E-state index is 11.7. The van der Waals surface area contributed by atoms with Crippen molar-refractivity contribution < 1.29 is 9.53 Å². The zero-order chi connectivity index (χ0) is 17.7. The molecule has 1 aromatic heterocycles. The molecule has 0 spiro atoms. The van der Waals surface area contributed by atoms with E-state index in [1.165, 1.54) is 0 Å². The van der Waals surface area contributed by atoms with Crippen LogP contribution in [0.2, 0.25) is 0 Å². The quantitative estimate of drug-likeness (QED) is 0.844. The van der Waals surface area contributed by atoms with Crippen LogP contribution in [0.5, 0.6) is 0 Å². The summed E-state index contributed by atoms with van der Waals surface area (Å²) in [7, 11) is 0. The van der Waals surface area contributed by atoms with Gasteiger partial charge in [-0.1, -0.05) is 20.8 Å². The lowest BCUT2D eigenvalue weighted by Gasteiger charge is -2.34. The summed E-state index contributed by atoms with van der Waals surface area (Å²) >= 11 is 0. The van der Waals surface area contributed by atoms with Crippen molar-refractivity contribution in [1.29, 1.82) is 0 Å². The van der Waals surface area contributed by atoms with Crippen LogP contribution < -0.4 is 10.6 Å². The third-order valence-corrected chi connectivity index (χ3v) is 3.44. The van der Waals surface area contributed by atoms with Crippen molar-refractivity contribution in [2.75, 3.05) is 6.54 Å². The highest BCUT2D eigenvalue weighted by Gasteiger charge is 2.26. The average Bonchev–Trinajstić information content (AvgIpc) is 2.85. The van der Waals surface area contributed by atoms with Crippen LogP contribution in [-0.2, 0) is 11.3 Å². The number of nitrogens with zero attached hydrogens (tertiary/aromatic N) is 2. The molecule has 6 heteroatoms. The maximum atomic E-state index is 11.7. The van der Waals surface area contributed by atoms with Crippen LogP contribution >= 0.6 is 0 Å². The van der Waals surface area contributed by atoms with Crippen LogP contribution in [0, 0.1) is 5.41 Å². The lowest BCUT2D eigenvalue weighted by Crippen LogP contribution is -2.51. The van der Waals surface area contributed by atoms with Crippen molar-refractivity contribution in [2.45, 2.75) is 72.7 Å². The molecule has 6 nitrogen and oxygen atoms in total. The van der Waals surface area contributed by atoms with Crippen LogP contribution in [0.25, 0.3) is 0 Å². The zero-order valence-corrected chi connectivity index (χ0v) is 15.5. The average molecular weight is 324 g/mol. The Labute approximate surface area is 140 Å². The smallest absolute Gasteiger partial charge is 0.407 e. The first-order valence-corrected chi connectivity index (χ1v) is 8.16. The maximum Gasteiger partial charge on any atom is 0.407 e. The number of hydrogen-bond donors (Lipinski definition) is 2. The van der Waals surface area contributed by atoms with E-state index in [2.05, 4.69) is 47.9 Å². The molecule has 2 N–H and O–H groups in total. The van der Waals surface area contributed by atoms with E-state index in [1.807, 2.05) is 33.3 Å². The van der Waals surface area contributed by atoms with Crippen molar-refractivity contribution >= 4 is 6.09 Å². The standard InChI is InChI=1S/C17H32N4O2/c1-13(10-19-15(22)23-17(5,6)7)20-14(16(2,3)4)11-21-9-8-18-12-21/h8-9,12-14,20H,10-11H2,1-7H3,(H,19,22). The highest BCUT2D eigenvalue weighted by Crippen LogP contribution is 2.21. The molecule has 1 rings (SSSR count). The van der Waals surface area contributed by atoms with Gasteiger partial charge in [-0.3, -0.25) is 0 Å². The van der Waals surface area contributed by atoms with E-state index in [0.717, 1.165) is 6.54 Å². The molecule has 132 valence electrons. The van der Waals surface area contributed by atoms with Gasteiger partial charge >= 0.3 is 6.09 Å². The second kappa shape index (κ2) is 7.81. The van der Waals surface area contributed by atoms with Crippen LogP contribution in [-0.4, -0.2) is 39.9 Å². The third-order valence-electron chi connectivity index (χ3n) is 3.44. The minimum atomic E-state index is -0.476. The van der Waals surface area contributed by atoms with E-state index >= 15 is 0 Å². The molecule has 0 aliphatic carbocycles. The molecule has 0 saturated carbocycles. The minimum absolute atomic E-state index is 0.0877. The number of carbonyl (C=O) groups excluding carboxylic acids is 1. The predicted molar refractivity (Wildman–Crippen MR) is 92.3 cm³/mol. The minimum Gasteiger partial charge on any atom is -0.444 e. The van der Waals surface area contributed by atoms with Crippen LogP contribution in [0.1, 0.15) is 48.5 Å². The van der Waals surface area contributed by atoms with E-state index in [1.54, 1.807) is 6.20 Å². The Bertz CT molecular complexity index is 472. The molecule has 0 aromatic carbocycles. The molecule has 2 unspecified atom stereocenters. The summed E-state index contributed by atoms with van der Waals surface area (Å²) in [4.78, 5) is 15.8. The van der Waals surface area contributed by atoms with E-state index in [4.69, 9.17) is 4.74 Å². The van der Waals surface area contributed by atoms with Gasteiger partial charge in [0.25, 0.3) is 0 Å². The van der Waals surface area contributed by atoms with Crippen LogP contribution in [0.3, 0.4) is 0 Å². The summed E-state index contributed by atoms with van der Waals surface area (Å²) in [5, 5.41) is 6.41. The molecule has 1 heterocycles. The highest BCUT2D eigenvalue weighted by atomic mass is 16.6. The molecule has 1 amide bonds. The number of alkyl carbamates (subject to hydrolysis) is 1. The molecule has 2 atom stereocenters. The molecular formula is C17H32N4O2. The Morgan fingerprint density at radius 1 is 1.26 bits per heavy atom. The topological polar surface area (TPSA) is 68.2 Å². The molecule has 0 saturated heterocycles. The Morgan fingerprint density at radius 2 is 1.91 bits per heavy atom. The van der Waals surface area contributed by atoms with Crippen molar-refractivity contribution in [3.8, 4) is 0 Å². The zero-order valence-electron chi connectivity index (χ0n) is 15.5. The summed E-state index contributed by atoms with van der Waals surface area (Å²) in [5.74, 6) is 0. The SMILES string of the molecule is CC(CNC(=O)OC(C)(C)C)NC(Cn1ccnc1)C(C)(C)C. The van der Waals surface area contributed by atoms with Gasteiger partial charge in [-0.2, -0.15) is 0 Å². The van der Waals surface area contributed by atoms with Crippen molar-refractivity contribution in [3.05, 3.63) is 18.7 Å². The van der Waals surface area contributed by atoms with Crippen molar-refractivity contribution in [1.82, 2.24) is 20.2 Å². The van der Waals surface area contributed by atoms with E-state index in [0.29, 0.717) is 6.54 Å². The van der Waals surface area contributed by atoms with Gasteiger partial charge < -0.3 is 19.9 Å². The molecule has 0 aliphatic heterocycles. The number of hydrogen-bond acceptors (Lipinski definition) is 4. The molecule has 0 radical (unpaired) electrons. The van der Waals surface area contributed by atoms with Gasteiger partial charge in [-0.05, 0) is 33.1 Å².